The summed E-state index contributed by atoms with van der Waals surface area (Å²) in [6.07, 6.45) is 6.05. The van der Waals surface area contributed by atoms with Crippen molar-refractivity contribution in [3.8, 4) is 5.82 Å². The van der Waals surface area contributed by atoms with E-state index in [1.165, 1.54) is 12.7 Å². The number of rotatable bonds is 6. The number of carbonyl (C=O) groups excluding carboxylic acids is 1. The maximum Gasteiger partial charge on any atom is 0.246 e. The van der Waals surface area contributed by atoms with Crippen LogP contribution in [0.1, 0.15) is 18.4 Å². The summed E-state index contributed by atoms with van der Waals surface area (Å²) in [5.41, 5.74) is 3.60. The molecule has 0 aliphatic carbocycles. The van der Waals surface area contributed by atoms with E-state index in [1.807, 2.05) is 36.4 Å². The van der Waals surface area contributed by atoms with E-state index in [0.717, 1.165) is 37.3 Å². The number of hydrogen-bond donors (Lipinski definition) is 1. The molecule has 144 valence electrons. The van der Waals surface area contributed by atoms with E-state index in [0.29, 0.717) is 12.4 Å². The average Bonchev–Trinajstić information content (AvgIpc) is 3.30. The molecule has 28 heavy (non-hydrogen) atoms. The van der Waals surface area contributed by atoms with Gasteiger partial charge >= 0.3 is 0 Å². The van der Waals surface area contributed by atoms with Gasteiger partial charge in [-0.2, -0.15) is 5.10 Å². The van der Waals surface area contributed by atoms with Gasteiger partial charge in [0.25, 0.3) is 0 Å². The topological polar surface area (TPSA) is 98.1 Å². The molecule has 9 nitrogen and oxygen atoms in total. The standard InChI is InChI=1S/C19H21N7O2/c27-19(24-28-11-15-4-2-1-3-5-15)16-6-8-25(9-7-16)17-10-18(22-13-21-17)26-14-20-12-23-26/h1-5,10,12-14,16H,6-9,11H2,(H,24,27). The first kappa shape index (κ1) is 18.1. The molecule has 1 N–H and O–H groups in total. The Morgan fingerprint density at radius 2 is 1.89 bits per heavy atom. The summed E-state index contributed by atoms with van der Waals surface area (Å²) < 4.78 is 1.59. The van der Waals surface area contributed by atoms with E-state index in [-0.39, 0.29) is 11.8 Å². The number of piperidine rings is 1. The molecule has 0 radical (unpaired) electrons. The molecule has 1 aromatic carbocycles. The minimum atomic E-state index is -0.0680. The predicted molar refractivity (Wildman–Crippen MR) is 101 cm³/mol. The van der Waals surface area contributed by atoms with Crippen molar-refractivity contribution >= 4 is 11.7 Å². The van der Waals surface area contributed by atoms with Crippen molar-refractivity contribution in [1.29, 1.82) is 0 Å². The molecular weight excluding hydrogens is 358 g/mol. The minimum Gasteiger partial charge on any atom is -0.356 e. The van der Waals surface area contributed by atoms with Crippen LogP contribution in [0.4, 0.5) is 5.82 Å². The van der Waals surface area contributed by atoms with Gasteiger partial charge in [0.1, 0.15) is 24.8 Å². The van der Waals surface area contributed by atoms with Gasteiger partial charge in [-0.1, -0.05) is 30.3 Å². The van der Waals surface area contributed by atoms with Gasteiger partial charge in [0.2, 0.25) is 5.91 Å². The largest absolute Gasteiger partial charge is 0.356 e. The lowest BCUT2D eigenvalue weighted by atomic mass is 9.96. The highest BCUT2D eigenvalue weighted by Crippen LogP contribution is 2.22. The van der Waals surface area contributed by atoms with Gasteiger partial charge in [0.05, 0.1) is 6.61 Å². The quantitative estimate of drug-likeness (QED) is 0.649. The van der Waals surface area contributed by atoms with Crippen LogP contribution in [0, 0.1) is 5.92 Å². The molecule has 0 atom stereocenters. The van der Waals surface area contributed by atoms with E-state index in [2.05, 4.69) is 30.4 Å². The predicted octanol–water partition coefficient (Wildman–Crippen LogP) is 1.52. The van der Waals surface area contributed by atoms with E-state index < -0.39 is 0 Å². The van der Waals surface area contributed by atoms with Crippen LogP contribution < -0.4 is 10.4 Å². The number of aromatic nitrogens is 5. The highest BCUT2D eigenvalue weighted by atomic mass is 16.6. The zero-order valence-corrected chi connectivity index (χ0v) is 15.3. The van der Waals surface area contributed by atoms with E-state index in [9.17, 15) is 4.79 Å². The van der Waals surface area contributed by atoms with Gasteiger partial charge in [-0.3, -0.25) is 9.63 Å². The molecule has 2 aromatic heterocycles. The molecule has 3 heterocycles. The highest BCUT2D eigenvalue weighted by Gasteiger charge is 2.26. The molecule has 1 aliphatic rings. The highest BCUT2D eigenvalue weighted by molar-refractivity contribution is 5.77. The van der Waals surface area contributed by atoms with Gasteiger partial charge in [0, 0.05) is 25.1 Å². The summed E-state index contributed by atoms with van der Waals surface area (Å²) in [5, 5.41) is 4.09. The summed E-state index contributed by atoms with van der Waals surface area (Å²) in [5.74, 6) is 1.35. The zero-order valence-electron chi connectivity index (χ0n) is 15.3. The first-order chi connectivity index (χ1) is 13.8. The lowest BCUT2D eigenvalue weighted by molar-refractivity contribution is -0.139. The van der Waals surface area contributed by atoms with Crippen molar-refractivity contribution in [2.75, 3.05) is 18.0 Å². The maximum absolute atomic E-state index is 12.3. The van der Waals surface area contributed by atoms with Crippen LogP contribution in [0.5, 0.6) is 0 Å². The molecule has 1 amide bonds. The molecule has 0 saturated carbocycles. The van der Waals surface area contributed by atoms with Crippen molar-refractivity contribution in [3.63, 3.8) is 0 Å². The van der Waals surface area contributed by atoms with Gasteiger partial charge < -0.3 is 4.90 Å². The number of benzene rings is 1. The second-order valence-corrected chi connectivity index (χ2v) is 6.58. The minimum absolute atomic E-state index is 0.0661. The number of carbonyl (C=O) groups is 1. The third-order valence-electron chi connectivity index (χ3n) is 4.74. The number of nitrogens with one attached hydrogen (secondary N) is 1. The van der Waals surface area contributed by atoms with Crippen molar-refractivity contribution in [3.05, 3.63) is 60.9 Å². The number of nitrogens with zero attached hydrogens (tertiary/aromatic N) is 6. The molecule has 1 fully saturated rings. The molecule has 0 spiro atoms. The summed E-state index contributed by atoms with van der Waals surface area (Å²) >= 11 is 0. The Balaban J connectivity index is 1.27. The second kappa shape index (κ2) is 8.57. The second-order valence-electron chi connectivity index (χ2n) is 6.58. The molecule has 4 rings (SSSR count). The molecule has 1 saturated heterocycles. The molecule has 0 unspecified atom stereocenters. The van der Waals surface area contributed by atoms with Crippen LogP contribution in [-0.2, 0) is 16.2 Å². The monoisotopic (exact) mass is 379 g/mol. The van der Waals surface area contributed by atoms with Gasteiger partial charge in [0.15, 0.2) is 5.82 Å². The van der Waals surface area contributed by atoms with Crippen LogP contribution in [0.3, 0.4) is 0 Å². The van der Waals surface area contributed by atoms with Crippen LogP contribution in [0.15, 0.2) is 55.4 Å². The molecule has 3 aromatic rings. The Hall–Kier alpha value is -3.33. The van der Waals surface area contributed by atoms with Crippen molar-refractivity contribution in [1.82, 2.24) is 30.2 Å². The van der Waals surface area contributed by atoms with Gasteiger partial charge in [-0.15, -0.1) is 0 Å². The van der Waals surface area contributed by atoms with E-state index in [1.54, 1.807) is 11.0 Å². The normalized spacial score (nSPS) is 14.8. The number of hydrogen-bond acceptors (Lipinski definition) is 7. The molecule has 9 heteroatoms. The van der Waals surface area contributed by atoms with Crippen LogP contribution in [-0.4, -0.2) is 43.7 Å². The lowest BCUT2D eigenvalue weighted by Crippen LogP contribution is -2.40. The van der Waals surface area contributed by atoms with E-state index in [4.69, 9.17) is 4.84 Å². The summed E-state index contributed by atoms with van der Waals surface area (Å²) in [4.78, 5) is 32.4. The number of anilines is 1. The van der Waals surface area contributed by atoms with Gasteiger partial charge in [-0.05, 0) is 18.4 Å². The van der Waals surface area contributed by atoms with Crippen molar-refractivity contribution < 1.29 is 9.63 Å². The Labute approximate surface area is 162 Å². The summed E-state index contributed by atoms with van der Waals surface area (Å²) in [7, 11) is 0. The fourth-order valence-electron chi connectivity index (χ4n) is 3.18. The van der Waals surface area contributed by atoms with Gasteiger partial charge in [-0.25, -0.2) is 25.1 Å². The fraction of sp³-hybridized carbons (Fsp3) is 0.316. The Morgan fingerprint density at radius 1 is 1.11 bits per heavy atom. The summed E-state index contributed by atoms with van der Waals surface area (Å²) in [6.45, 7) is 1.84. The third-order valence-corrected chi connectivity index (χ3v) is 4.74. The molecule has 1 aliphatic heterocycles. The SMILES string of the molecule is O=C(NOCc1ccccc1)C1CCN(c2cc(-n3cncn3)ncn2)CC1. The molecule has 0 bridgehead atoms. The van der Waals surface area contributed by atoms with Crippen LogP contribution >= 0.6 is 0 Å². The number of amides is 1. The Morgan fingerprint density at radius 3 is 2.64 bits per heavy atom. The van der Waals surface area contributed by atoms with Crippen molar-refractivity contribution in [2.24, 2.45) is 5.92 Å². The average molecular weight is 379 g/mol. The smallest absolute Gasteiger partial charge is 0.246 e. The van der Waals surface area contributed by atoms with Crippen LogP contribution in [0.2, 0.25) is 0 Å². The zero-order chi connectivity index (χ0) is 19.2. The first-order valence-electron chi connectivity index (χ1n) is 9.17. The Kier molecular flexibility index (Phi) is 5.53. The first-order valence-corrected chi connectivity index (χ1v) is 9.17. The number of hydroxylamine groups is 1. The Bertz CT molecular complexity index is 894. The molecular formula is C19H21N7O2. The lowest BCUT2D eigenvalue weighted by Gasteiger charge is -2.32. The van der Waals surface area contributed by atoms with Crippen LogP contribution in [0.25, 0.3) is 5.82 Å². The third kappa shape index (κ3) is 4.32. The van der Waals surface area contributed by atoms with Crippen molar-refractivity contribution in [2.45, 2.75) is 19.4 Å². The summed E-state index contributed by atoms with van der Waals surface area (Å²) in [6, 6.07) is 11.6. The fourth-order valence-corrected chi connectivity index (χ4v) is 3.18. The maximum atomic E-state index is 12.3. The van der Waals surface area contributed by atoms with E-state index >= 15 is 0 Å².